The van der Waals surface area contributed by atoms with Gasteiger partial charge in [-0.05, 0) is 38.3 Å². The molecule has 3 fully saturated rings. The molecule has 2 atom stereocenters. The highest BCUT2D eigenvalue weighted by Gasteiger charge is 2.40. The molecule has 0 aromatic heterocycles. The van der Waals surface area contributed by atoms with Crippen molar-refractivity contribution in [3.05, 3.63) is 0 Å². The van der Waals surface area contributed by atoms with Crippen molar-refractivity contribution in [2.45, 2.75) is 44.8 Å². The van der Waals surface area contributed by atoms with Crippen LogP contribution >= 0.6 is 0 Å². The van der Waals surface area contributed by atoms with Gasteiger partial charge in [-0.25, -0.2) is 0 Å². The third-order valence-electron chi connectivity index (χ3n) is 3.50. The SMILES string of the molecule is CCCC1C(O)C2CCN1CC2. The van der Waals surface area contributed by atoms with Gasteiger partial charge in [0.05, 0.1) is 6.10 Å². The minimum absolute atomic E-state index is 0.0209. The second-order valence-corrected chi connectivity index (χ2v) is 4.22. The number of nitrogens with zero attached hydrogens (tertiary/aromatic N) is 1. The zero-order chi connectivity index (χ0) is 8.55. The fourth-order valence-corrected chi connectivity index (χ4v) is 2.77. The summed E-state index contributed by atoms with van der Waals surface area (Å²) in [6.45, 7) is 4.66. The Morgan fingerprint density at radius 3 is 2.50 bits per heavy atom. The lowest BCUT2D eigenvalue weighted by Crippen LogP contribution is -2.57. The van der Waals surface area contributed by atoms with E-state index in [4.69, 9.17) is 0 Å². The molecule has 12 heavy (non-hydrogen) atoms. The molecule has 3 aliphatic rings. The standard InChI is InChI=1S/C10H19NO/c1-2-3-9-10(12)8-4-6-11(9)7-5-8/h8-10,12H,2-7H2,1H3. The van der Waals surface area contributed by atoms with Gasteiger partial charge in [-0.3, -0.25) is 4.90 Å². The van der Waals surface area contributed by atoms with Crippen molar-refractivity contribution >= 4 is 0 Å². The molecule has 0 spiro atoms. The van der Waals surface area contributed by atoms with Gasteiger partial charge in [0, 0.05) is 6.04 Å². The number of piperidine rings is 3. The van der Waals surface area contributed by atoms with Crippen molar-refractivity contribution in [1.82, 2.24) is 4.90 Å². The molecule has 2 nitrogen and oxygen atoms in total. The molecule has 3 aliphatic heterocycles. The van der Waals surface area contributed by atoms with Crippen LogP contribution in [0, 0.1) is 5.92 Å². The zero-order valence-corrected chi connectivity index (χ0v) is 7.87. The average molecular weight is 169 g/mol. The summed E-state index contributed by atoms with van der Waals surface area (Å²) in [5.74, 6) is 0.617. The largest absolute Gasteiger partial charge is 0.391 e. The summed E-state index contributed by atoms with van der Waals surface area (Å²) in [5, 5.41) is 9.95. The molecule has 0 saturated carbocycles. The van der Waals surface area contributed by atoms with Crippen LogP contribution in [0.3, 0.4) is 0 Å². The fraction of sp³-hybridized carbons (Fsp3) is 1.00. The summed E-state index contributed by atoms with van der Waals surface area (Å²) in [6.07, 6.45) is 4.80. The van der Waals surface area contributed by atoms with E-state index in [-0.39, 0.29) is 6.10 Å². The molecule has 2 bridgehead atoms. The van der Waals surface area contributed by atoms with E-state index in [1.807, 2.05) is 0 Å². The number of rotatable bonds is 2. The molecular weight excluding hydrogens is 150 g/mol. The van der Waals surface area contributed by atoms with Gasteiger partial charge in [0.2, 0.25) is 0 Å². The normalized spacial score (nSPS) is 46.5. The molecule has 0 aromatic carbocycles. The van der Waals surface area contributed by atoms with Crippen molar-refractivity contribution in [3.63, 3.8) is 0 Å². The third-order valence-corrected chi connectivity index (χ3v) is 3.50. The Bertz CT molecular complexity index is 150. The molecular formula is C10H19NO. The molecule has 3 heterocycles. The van der Waals surface area contributed by atoms with Crippen LogP contribution in [-0.4, -0.2) is 35.2 Å². The Labute approximate surface area is 74.6 Å². The summed E-state index contributed by atoms with van der Waals surface area (Å²) in [4.78, 5) is 2.48. The Hall–Kier alpha value is -0.0800. The van der Waals surface area contributed by atoms with E-state index in [0.29, 0.717) is 12.0 Å². The summed E-state index contributed by atoms with van der Waals surface area (Å²) < 4.78 is 0. The quantitative estimate of drug-likeness (QED) is 0.672. The molecule has 3 rings (SSSR count). The second-order valence-electron chi connectivity index (χ2n) is 4.22. The molecule has 1 N–H and O–H groups in total. The minimum Gasteiger partial charge on any atom is -0.391 e. The topological polar surface area (TPSA) is 23.5 Å². The highest BCUT2D eigenvalue weighted by atomic mass is 16.3. The Morgan fingerprint density at radius 1 is 1.33 bits per heavy atom. The molecule has 0 aliphatic carbocycles. The highest BCUT2D eigenvalue weighted by molar-refractivity contribution is 4.94. The van der Waals surface area contributed by atoms with E-state index in [2.05, 4.69) is 11.8 Å². The lowest BCUT2D eigenvalue weighted by atomic mass is 9.79. The molecule has 0 radical (unpaired) electrons. The van der Waals surface area contributed by atoms with Crippen LogP contribution < -0.4 is 0 Å². The molecule has 2 unspecified atom stereocenters. The van der Waals surface area contributed by atoms with Gasteiger partial charge in [-0.15, -0.1) is 0 Å². The van der Waals surface area contributed by atoms with E-state index < -0.39 is 0 Å². The van der Waals surface area contributed by atoms with E-state index >= 15 is 0 Å². The zero-order valence-electron chi connectivity index (χ0n) is 7.87. The van der Waals surface area contributed by atoms with Gasteiger partial charge >= 0.3 is 0 Å². The molecule has 2 heteroatoms. The maximum Gasteiger partial charge on any atom is 0.0724 e. The van der Waals surface area contributed by atoms with Crippen LogP contribution in [0.2, 0.25) is 0 Å². The molecule has 70 valence electrons. The molecule has 3 saturated heterocycles. The van der Waals surface area contributed by atoms with Gasteiger partial charge in [-0.2, -0.15) is 0 Å². The van der Waals surface area contributed by atoms with Gasteiger partial charge in [0.25, 0.3) is 0 Å². The lowest BCUT2D eigenvalue weighted by Gasteiger charge is -2.49. The molecule has 0 aromatic rings. The Morgan fingerprint density at radius 2 is 2.00 bits per heavy atom. The second kappa shape index (κ2) is 3.35. The molecule has 0 amide bonds. The number of aliphatic hydroxyl groups excluding tert-OH is 1. The van der Waals surface area contributed by atoms with E-state index in [1.54, 1.807) is 0 Å². The van der Waals surface area contributed by atoms with Gasteiger partial charge in [-0.1, -0.05) is 13.3 Å². The number of fused-ring (bicyclic) bond motifs is 3. The monoisotopic (exact) mass is 169 g/mol. The van der Waals surface area contributed by atoms with Crippen LogP contribution in [0.5, 0.6) is 0 Å². The van der Waals surface area contributed by atoms with E-state index in [9.17, 15) is 5.11 Å². The summed E-state index contributed by atoms with van der Waals surface area (Å²) in [6, 6.07) is 0.488. The van der Waals surface area contributed by atoms with Crippen molar-refractivity contribution in [2.24, 2.45) is 5.92 Å². The van der Waals surface area contributed by atoms with Crippen LogP contribution in [0.15, 0.2) is 0 Å². The van der Waals surface area contributed by atoms with Crippen molar-refractivity contribution in [3.8, 4) is 0 Å². The lowest BCUT2D eigenvalue weighted by molar-refractivity contribution is -0.0747. The summed E-state index contributed by atoms with van der Waals surface area (Å²) >= 11 is 0. The smallest absolute Gasteiger partial charge is 0.0724 e. The van der Waals surface area contributed by atoms with E-state index in [1.165, 1.54) is 38.8 Å². The summed E-state index contributed by atoms with van der Waals surface area (Å²) in [7, 11) is 0. The number of hydrogen-bond donors (Lipinski definition) is 1. The Kier molecular flexibility index (Phi) is 2.37. The first-order valence-electron chi connectivity index (χ1n) is 5.25. The van der Waals surface area contributed by atoms with Crippen molar-refractivity contribution < 1.29 is 5.11 Å². The first kappa shape index (κ1) is 8.52. The maximum atomic E-state index is 9.95. The minimum atomic E-state index is -0.0209. The van der Waals surface area contributed by atoms with Gasteiger partial charge in [0.1, 0.15) is 0 Å². The predicted molar refractivity (Wildman–Crippen MR) is 49.0 cm³/mol. The number of aliphatic hydroxyl groups is 1. The van der Waals surface area contributed by atoms with Gasteiger partial charge < -0.3 is 5.11 Å². The van der Waals surface area contributed by atoms with Crippen LogP contribution in [0.1, 0.15) is 32.6 Å². The van der Waals surface area contributed by atoms with E-state index in [0.717, 1.165) is 0 Å². The van der Waals surface area contributed by atoms with Crippen LogP contribution in [-0.2, 0) is 0 Å². The highest BCUT2D eigenvalue weighted by Crippen LogP contribution is 2.33. The van der Waals surface area contributed by atoms with Gasteiger partial charge in [0.15, 0.2) is 0 Å². The van der Waals surface area contributed by atoms with Crippen molar-refractivity contribution in [2.75, 3.05) is 13.1 Å². The first-order valence-corrected chi connectivity index (χ1v) is 5.25. The summed E-state index contributed by atoms with van der Waals surface area (Å²) in [5.41, 5.74) is 0. The van der Waals surface area contributed by atoms with Crippen LogP contribution in [0.25, 0.3) is 0 Å². The maximum absolute atomic E-state index is 9.95. The van der Waals surface area contributed by atoms with Crippen molar-refractivity contribution in [1.29, 1.82) is 0 Å². The average Bonchev–Trinajstić information content (AvgIpc) is 2.12. The first-order chi connectivity index (χ1) is 5.83. The van der Waals surface area contributed by atoms with Crippen LogP contribution in [0.4, 0.5) is 0 Å². The fourth-order valence-electron chi connectivity index (χ4n) is 2.77. The Balaban J connectivity index is 2.02. The predicted octanol–water partition coefficient (Wildman–Crippen LogP) is 1.24. The number of hydrogen-bond acceptors (Lipinski definition) is 2. The third kappa shape index (κ3) is 1.27.